The van der Waals surface area contributed by atoms with Crippen LogP contribution in [0.1, 0.15) is 0 Å². The van der Waals surface area contributed by atoms with Crippen LogP contribution in [0.25, 0.3) is 0 Å². The summed E-state index contributed by atoms with van der Waals surface area (Å²) in [7, 11) is 0. The van der Waals surface area contributed by atoms with Gasteiger partial charge in [-0.15, -0.1) is 12.6 Å². The molecule has 0 atom stereocenters. The van der Waals surface area contributed by atoms with Crippen LogP contribution in [0.4, 0.5) is 0 Å². The molecule has 2 aromatic carbocycles. The number of thiol groups is 1. The number of hydrogen-bond donors (Lipinski definition) is 1. The quantitative estimate of drug-likeness (QED) is 0.329. The minimum atomic E-state index is 0.340. The van der Waals surface area contributed by atoms with Crippen LogP contribution in [0.3, 0.4) is 0 Å². The summed E-state index contributed by atoms with van der Waals surface area (Å²) in [5.41, 5.74) is 0. The largest absolute Gasteiger partial charge is 0.143 e. The molecule has 90 valence electrons. The van der Waals surface area contributed by atoms with Crippen LogP contribution in [-0.2, 0) is 0 Å². The van der Waals surface area contributed by atoms with E-state index in [1.807, 2.05) is 30.3 Å². The van der Waals surface area contributed by atoms with Crippen LogP contribution in [0.2, 0.25) is 20.1 Å². The summed E-state index contributed by atoms with van der Waals surface area (Å²) in [4.78, 5) is 1.02. The molecule has 17 heavy (non-hydrogen) atoms. The Kier molecular flexibility index (Phi) is 6.53. The molecule has 0 aliphatic heterocycles. The van der Waals surface area contributed by atoms with Crippen molar-refractivity contribution in [2.75, 3.05) is 0 Å². The molecule has 0 saturated carbocycles. The molecule has 2 rings (SSSR count). The van der Waals surface area contributed by atoms with Crippen LogP contribution >= 0.6 is 59.0 Å². The van der Waals surface area contributed by atoms with E-state index in [1.165, 1.54) is 12.1 Å². The highest BCUT2D eigenvalue weighted by Crippen LogP contribution is 2.32. The van der Waals surface area contributed by atoms with Gasteiger partial charge in [0.2, 0.25) is 0 Å². The third kappa shape index (κ3) is 5.41. The second kappa shape index (κ2) is 7.40. The predicted octanol–water partition coefficient (Wildman–Crippen LogP) is 6.28. The molecule has 0 unspecified atom stereocenters. The van der Waals surface area contributed by atoms with E-state index in [4.69, 9.17) is 46.4 Å². The van der Waals surface area contributed by atoms with Gasteiger partial charge < -0.3 is 0 Å². The topological polar surface area (TPSA) is 0 Å². The molecule has 0 amide bonds. The Morgan fingerprint density at radius 1 is 0.765 bits per heavy atom. The third-order valence-corrected chi connectivity index (χ3v) is 3.42. The minimum absolute atomic E-state index is 0.340. The minimum Gasteiger partial charge on any atom is -0.143 e. The molecule has 0 aliphatic carbocycles. The molecule has 0 saturated heterocycles. The van der Waals surface area contributed by atoms with E-state index in [0.717, 1.165) is 4.90 Å². The lowest BCUT2D eigenvalue weighted by atomic mass is 10.4. The zero-order valence-electron chi connectivity index (χ0n) is 8.50. The monoisotopic (exact) mass is 324 g/mol. The first-order valence-electron chi connectivity index (χ1n) is 4.54. The Hall–Kier alpha value is -0.0500. The van der Waals surface area contributed by atoms with Crippen molar-refractivity contribution < 1.29 is 0 Å². The summed E-state index contributed by atoms with van der Waals surface area (Å²) in [5, 5.41) is 1.57. The van der Waals surface area contributed by atoms with Gasteiger partial charge in [-0.2, -0.15) is 0 Å². The number of benzene rings is 2. The second-order valence-electron chi connectivity index (χ2n) is 3.02. The highest BCUT2D eigenvalue weighted by molar-refractivity contribution is 7.80. The first kappa shape index (κ1) is 15.0. The lowest BCUT2D eigenvalue weighted by Crippen LogP contribution is -1.71. The van der Waals surface area contributed by atoms with Gasteiger partial charge in [-0.05, 0) is 24.3 Å². The van der Waals surface area contributed by atoms with E-state index in [1.54, 1.807) is 0 Å². The van der Waals surface area contributed by atoms with Gasteiger partial charge in [0.05, 0.1) is 15.1 Å². The molecule has 0 N–H and O–H groups in total. The van der Waals surface area contributed by atoms with E-state index in [2.05, 4.69) is 12.6 Å². The SMILES string of the molecule is Clc1cc(Cl)c(Cl)c(Cl)c1.Sc1ccccc1. The molecule has 5 heteroatoms. The summed E-state index contributed by atoms with van der Waals surface area (Å²) >= 11 is 26.5. The molecule has 0 aromatic heterocycles. The van der Waals surface area contributed by atoms with E-state index in [9.17, 15) is 0 Å². The fourth-order valence-corrected chi connectivity index (χ4v) is 2.05. The molecule has 0 aliphatic rings. The van der Waals surface area contributed by atoms with Crippen LogP contribution in [-0.4, -0.2) is 0 Å². The third-order valence-electron chi connectivity index (χ3n) is 1.70. The summed E-state index contributed by atoms with van der Waals surface area (Å²) in [6.45, 7) is 0. The van der Waals surface area contributed by atoms with Crippen molar-refractivity contribution in [2.45, 2.75) is 4.90 Å². The van der Waals surface area contributed by atoms with Crippen molar-refractivity contribution in [1.82, 2.24) is 0 Å². The van der Waals surface area contributed by atoms with Crippen LogP contribution < -0.4 is 0 Å². The van der Waals surface area contributed by atoms with Crippen LogP contribution in [0.15, 0.2) is 47.4 Å². The van der Waals surface area contributed by atoms with Crippen LogP contribution in [0.5, 0.6) is 0 Å². The van der Waals surface area contributed by atoms with Crippen molar-refractivity contribution in [3.05, 3.63) is 62.6 Å². The maximum Gasteiger partial charge on any atom is 0.0779 e. The summed E-state index contributed by atoms with van der Waals surface area (Å²) in [5.74, 6) is 0. The first-order chi connectivity index (χ1) is 8.00. The van der Waals surface area contributed by atoms with Gasteiger partial charge in [-0.1, -0.05) is 64.6 Å². The van der Waals surface area contributed by atoms with Gasteiger partial charge in [0.15, 0.2) is 0 Å². The second-order valence-corrected chi connectivity index (χ2v) is 5.16. The van der Waals surface area contributed by atoms with Crippen molar-refractivity contribution >= 4 is 59.0 Å². The molecular weight excluding hydrogens is 318 g/mol. The Morgan fingerprint density at radius 3 is 1.59 bits per heavy atom. The molecular formula is C12H8Cl4S. The Labute approximate surface area is 126 Å². The lowest BCUT2D eigenvalue weighted by Gasteiger charge is -1.97. The van der Waals surface area contributed by atoms with Gasteiger partial charge in [0.1, 0.15) is 0 Å². The normalized spacial score (nSPS) is 9.47. The molecule has 2 aromatic rings. The average molecular weight is 326 g/mol. The Bertz CT molecular complexity index is 462. The fourth-order valence-electron chi connectivity index (χ4n) is 0.953. The van der Waals surface area contributed by atoms with E-state index in [-0.39, 0.29) is 0 Å². The summed E-state index contributed by atoms with van der Waals surface area (Å²) in [6, 6.07) is 12.9. The first-order valence-corrected chi connectivity index (χ1v) is 6.50. The number of halogens is 4. The summed E-state index contributed by atoms with van der Waals surface area (Å²) in [6.07, 6.45) is 0. The van der Waals surface area contributed by atoms with Crippen molar-refractivity contribution in [1.29, 1.82) is 0 Å². The van der Waals surface area contributed by atoms with E-state index >= 15 is 0 Å². The van der Waals surface area contributed by atoms with E-state index < -0.39 is 0 Å². The maximum absolute atomic E-state index is 5.63. The van der Waals surface area contributed by atoms with Gasteiger partial charge in [-0.3, -0.25) is 0 Å². The molecule has 0 spiro atoms. The van der Waals surface area contributed by atoms with Crippen LogP contribution in [0, 0.1) is 0 Å². The molecule has 0 heterocycles. The molecule has 0 nitrogen and oxygen atoms in total. The Balaban J connectivity index is 0.000000181. The van der Waals surface area contributed by atoms with Gasteiger partial charge in [-0.25, -0.2) is 0 Å². The lowest BCUT2D eigenvalue weighted by molar-refractivity contribution is 1.48. The highest BCUT2D eigenvalue weighted by Gasteiger charge is 2.03. The van der Waals surface area contributed by atoms with Crippen molar-refractivity contribution in [3.63, 3.8) is 0 Å². The highest BCUT2D eigenvalue weighted by atomic mass is 35.5. The zero-order valence-corrected chi connectivity index (χ0v) is 12.4. The molecule has 0 fully saturated rings. The van der Waals surface area contributed by atoms with Gasteiger partial charge in [0, 0.05) is 9.92 Å². The molecule has 0 bridgehead atoms. The standard InChI is InChI=1S/C6H2Cl4.C6H6S/c7-3-1-4(8)6(10)5(9)2-3;7-6-4-2-1-3-5-6/h1-2H;1-5,7H. The van der Waals surface area contributed by atoms with Gasteiger partial charge >= 0.3 is 0 Å². The fraction of sp³-hybridized carbons (Fsp3) is 0. The maximum atomic E-state index is 5.63. The number of rotatable bonds is 0. The molecule has 0 radical (unpaired) electrons. The zero-order chi connectivity index (χ0) is 12.8. The average Bonchev–Trinajstić information content (AvgIpc) is 2.27. The smallest absolute Gasteiger partial charge is 0.0779 e. The van der Waals surface area contributed by atoms with E-state index in [0.29, 0.717) is 20.1 Å². The number of hydrogen-bond acceptors (Lipinski definition) is 1. The Morgan fingerprint density at radius 2 is 1.24 bits per heavy atom. The predicted molar refractivity (Wildman–Crippen MR) is 80.2 cm³/mol. The van der Waals surface area contributed by atoms with Crippen molar-refractivity contribution in [3.8, 4) is 0 Å². The van der Waals surface area contributed by atoms with Gasteiger partial charge in [0.25, 0.3) is 0 Å². The van der Waals surface area contributed by atoms with Crippen molar-refractivity contribution in [2.24, 2.45) is 0 Å². The summed E-state index contributed by atoms with van der Waals surface area (Å²) < 4.78 is 0.